The number of allylic oxidation sites excluding steroid dienone is 1. The summed E-state index contributed by atoms with van der Waals surface area (Å²) in [5.41, 5.74) is 9.19. The fraction of sp³-hybridized carbons (Fsp3) is 0.182. The maximum absolute atomic E-state index is 9.77. The maximum Gasteiger partial charge on any atom is 0.244 e. The smallest absolute Gasteiger partial charge is 0.244 e. The van der Waals surface area contributed by atoms with E-state index in [1.54, 1.807) is 31.4 Å². The fourth-order valence-corrected chi connectivity index (χ4v) is 3.56. The van der Waals surface area contributed by atoms with E-state index >= 15 is 0 Å². The van der Waals surface area contributed by atoms with Crippen LogP contribution >= 0.6 is 0 Å². The van der Waals surface area contributed by atoms with Crippen LogP contribution in [0.15, 0.2) is 53.9 Å². The minimum Gasteiger partial charge on any atom is -0.508 e. The van der Waals surface area contributed by atoms with Crippen molar-refractivity contribution in [1.29, 1.82) is 5.26 Å². The second-order valence-corrected chi connectivity index (χ2v) is 6.63. The van der Waals surface area contributed by atoms with Gasteiger partial charge in [-0.1, -0.05) is 12.1 Å². The molecule has 0 spiro atoms. The van der Waals surface area contributed by atoms with Crippen molar-refractivity contribution in [1.82, 2.24) is 10.2 Å². The number of nitrogens with zero attached hydrogens (tertiary/aromatic N) is 2. The normalized spacial score (nSPS) is 15.2. The Bertz CT molecular complexity index is 1160. The average molecular weight is 404 g/mol. The zero-order chi connectivity index (χ0) is 21.3. The number of nitrogens with one attached hydrogen (secondary N) is 1. The summed E-state index contributed by atoms with van der Waals surface area (Å²) in [5, 5.41) is 26.7. The number of rotatable bonds is 5. The summed E-state index contributed by atoms with van der Waals surface area (Å²) in [7, 11) is 1.57. The molecule has 8 nitrogen and oxygen atoms in total. The van der Waals surface area contributed by atoms with E-state index in [-0.39, 0.29) is 17.2 Å². The van der Waals surface area contributed by atoms with Crippen molar-refractivity contribution in [3.05, 3.63) is 65.0 Å². The third-order valence-corrected chi connectivity index (χ3v) is 4.92. The van der Waals surface area contributed by atoms with E-state index in [1.807, 2.05) is 25.1 Å². The van der Waals surface area contributed by atoms with E-state index in [2.05, 4.69) is 16.3 Å². The predicted octanol–water partition coefficient (Wildman–Crippen LogP) is 3.41. The Morgan fingerprint density at radius 2 is 2.00 bits per heavy atom. The number of aromatic nitrogens is 2. The lowest BCUT2D eigenvalue weighted by molar-refractivity contribution is 0.311. The number of phenols is 1. The van der Waals surface area contributed by atoms with Gasteiger partial charge in [-0.3, -0.25) is 5.10 Å². The number of hydrogen-bond acceptors (Lipinski definition) is 7. The molecule has 0 radical (unpaired) electrons. The van der Waals surface area contributed by atoms with Gasteiger partial charge in [-0.2, -0.15) is 5.26 Å². The van der Waals surface area contributed by atoms with E-state index in [0.29, 0.717) is 35.2 Å². The van der Waals surface area contributed by atoms with Crippen molar-refractivity contribution >= 4 is 0 Å². The number of hydrogen-bond donors (Lipinski definition) is 3. The largest absolute Gasteiger partial charge is 0.508 e. The van der Waals surface area contributed by atoms with Gasteiger partial charge in [0.1, 0.15) is 17.4 Å². The zero-order valence-electron chi connectivity index (χ0n) is 16.5. The molecule has 0 saturated carbocycles. The molecule has 1 unspecified atom stereocenters. The van der Waals surface area contributed by atoms with Gasteiger partial charge in [-0.05, 0) is 42.8 Å². The van der Waals surface area contributed by atoms with Crippen LogP contribution in [0, 0.1) is 11.3 Å². The molecule has 30 heavy (non-hydrogen) atoms. The first-order valence-corrected chi connectivity index (χ1v) is 9.33. The highest BCUT2D eigenvalue weighted by molar-refractivity contribution is 5.73. The van der Waals surface area contributed by atoms with Gasteiger partial charge in [0.05, 0.1) is 30.9 Å². The molecule has 1 aromatic heterocycles. The summed E-state index contributed by atoms with van der Waals surface area (Å²) in [6.07, 6.45) is 0. The summed E-state index contributed by atoms with van der Waals surface area (Å²) >= 11 is 0. The van der Waals surface area contributed by atoms with Crippen LogP contribution in [0.2, 0.25) is 0 Å². The first kappa shape index (κ1) is 19.2. The number of aromatic amines is 1. The van der Waals surface area contributed by atoms with Gasteiger partial charge in [-0.25, -0.2) is 0 Å². The Balaban J connectivity index is 1.89. The number of H-pyrrole nitrogens is 1. The predicted molar refractivity (Wildman–Crippen MR) is 109 cm³/mol. The van der Waals surface area contributed by atoms with Gasteiger partial charge in [0.2, 0.25) is 11.8 Å². The number of fused-ring (bicyclic) bond motifs is 1. The number of aromatic hydroxyl groups is 1. The van der Waals surface area contributed by atoms with Crippen molar-refractivity contribution in [2.75, 3.05) is 13.7 Å². The lowest BCUT2D eigenvalue weighted by atomic mass is 9.83. The Morgan fingerprint density at radius 1 is 1.23 bits per heavy atom. The molecule has 152 valence electrons. The van der Waals surface area contributed by atoms with Gasteiger partial charge in [0.25, 0.3) is 0 Å². The van der Waals surface area contributed by atoms with Crippen LogP contribution in [0.4, 0.5) is 0 Å². The van der Waals surface area contributed by atoms with Crippen molar-refractivity contribution in [2.24, 2.45) is 5.73 Å². The summed E-state index contributed by atoms with van der Waals surface area (Å²) in [4.78, 5) is 0. The van der Waals surface area contributed by atoms with Gasteiger partial charge in [-0.15, -0.1) is 5.10 Å². The zero-order valence-corrected chi connectivity index (χ0v) is 16.5. The SMILES string of the molecule is CCOc1ccc(-c2[nH]nc3c2C(c2ccc(O)cc2)C(C#N)=C(N)O3)cc1OC. The topological polar surface area (TPSA) is 126 Å². The average Bonchev–Trinajstić information content (AvgIpc) is 3.17. The van der Waals surface area contributed by atoms with E-state index in [9.17, 15) is 10.4 Å². The van der Waals surface area contributed by atoms with Crippen LogP contribution in [0.1, 0.15) is 24.0 Å². The third-order valence-electron chi connectivity index (χ3n) is 4.92. The summed E-state index contributed by atoms with van der Waals surface area (Å²) in [6.45, 7) is 2.42. The number of phenolic OH excluding ortho intramolecular Hbond substituents is 1. The molecule has 3 aromatic rings. The van der Waals surface area contributed by atoms with E-state index in [1.165, 1.54) is 0 Å². The first-order valence-electron chi connectivity index (χ1n) is 9.33. The Labute approximate surface area is 173 Å². The monoisotopic (exact) mass is 404 g/mol. The summed E-state index contributed by atoms with van der Waals surface area (Å²) < 4.78 is 16.7. The lowest BCUT2D eigenvalue weighted by Crippen LogP contribution is -2.20. The van der Waals surface area contributed by atoms with Gasteiger partial charge in [0.15, 0.2) is 11.5 Å². The molecular weight excluding hydrogens is 384 g/mol. The number of ether oxygens (including phenoxy) is 3. The second kappa shape index (κ2) is 7.72. The molecule has 1 aliphatic heterocycles. The number of nitriles is 1. The highest BCUT2D eigenvalue weighted by Gasteiger charge is 2.35. The van der Waals surface area contributed by atoms with Crippen LogP contribution in [0.3, 0.4) is 0 Å². The van der Waals surface area contributed by atoms with Crippen LogP contribution < -0.4 is 19.9 Å². The highest BCUT2D eigenvalue weighted by Crippen LogP contribution is 2.46. The molecular formula is C22H20N4O4. The Morgan fingerprint density at radius 3 is 2.67 bits per heavy atom. The molecule has 0 aliphatic carbocycles. The van der Waals surface area contributed by atoms with Crippen LogP contribution in [0.5, 0.6) is 23.1 Å². The minimum atomic E-state index is -0.509. The van der Waals surface area contributed by atoms with Gasteiger partial charge in [0, 0.05) is 5.56 Å². The first-order chi connectivity index (χ1) is 14.6. The van der Waals surface area contributed by atoms with Crippen molar-refractivity contribution in [3.8, 4) is 40.5 Å². The molecule has 1 atom stereocenters. The Hall–Kier alpha value is -4.12. The third kappa shape index (κ3) is 3.16. The molecule has 0 bridgehead atoms. The molecule has 1 aliphatic rings. The Kier molecular flexibility index (Phi) is 4.94. The molecule has 2 aromatic carbocycles. The lowest BCUT2D eigenvalue weighted by Gasteiger charge is -2.24. The van der Waals surface area contributed by atoms with E-state index in [0.717, 1.165) is 11.1 Å². The molecule has 0 fully saturated rings. The van der Waals surface area contributed by atoms with Crippen molar-refractivity contribution in [3.63, 3.8) is 0 Å². The molecule has 0 saturated heterocycles. The molecule has 4 N–H and O–H groups in total. The van der Waals surface area contributed by atoms with E-state index in [4.69, 9.17) is 19.9 Å². The highest BCUT2D eigenvalue weighted by atomic mass is 16.5. The summed E-state index contributed by atoms with van der Waals surface area (Å²) in [6, 6.07) is 14.3. The van der Waals surface area contributed by atoms with Crippen molar-refractivity contribution in [2.45, 2.75) is 12.8 Å². The molecule has 4 rings (SSSR count). The van der Waals surface area contributed by atoms with Crippen LogP contribution in [-0.4, -0.2) is 29.0 Å². The van der Waals surface area contributed by atoms with Crippen LogP contribution in [-0.2, 0) is 0 Å². The number of benzene rings is 2. The van der Waals surface area contributed by atoms with Gasteiger partial charge < -0.3 is 25.1 Å². The minimum absolute atomic E-state index is 0.00500. The fourth-order valence-electron chi connectivity index (χ4n) is 3.56. The summed E-state index contributed by atoms with van der Waals surface area (Å²) in [5.74, 6) is 1.13. The van der Waals surface area contributed by atoms with Gasteiger partial charge >= 0.3 is 0 Å². The number of methoxy groups -OCH3 is 1. The standard InChI is InChI=1S/C22H20N4O4/c1-3-29-16-9-6-13(10-17(16)28-2)20-19-18(12-4-7-14(27)8-5-12)15(11-23)21(24)30-22(19)26-25-20/h4-10,18,27H,3,24H2,1-2H3,(H,25,26). The maximum atomic E-state index is 9.77. The number of nitrogens with two attached hydrogens (primary N) is 1. The quantitative estimate of drug-likeness (QED) is 0.595. The molecule has 2 heterocycles. The van der Waals surface area contributed by atoms with Crippen LogP contribution in [0.25, 0.3) is 11.3 Å². The van der Waals surface area contributed by atoms with Crippen molar-refractivity contribution < 1.29 is 19.3 Å². The molecule has 8 heteroatoms. The second-order valence-electron chi connectivity index (χ2n) is 6.63. The molecule has 0 amide bonds. The van der Waals surface area contributed by atoms with E-state index < -0.39 is 5.92 Å².